The number of unbranched alkanes of at least 4 members (excludes halogenated alkanes) is 5. The second-order valence-electron chi connectivity index (χ2n) is 22.5. The molecule has 8 fully saturated rings. The third-order valence-electron chi connectivity index (χ3n) is 18.7. The molecule has 0 heteroatoms. The molecule has 0 spiro atoms. The maximum Gasteiger partial charge on any atom is 0.0319 e. The third-order valence-corrected chi connectivity index (χ3v) is 18.7. The van der Waals surface area contributed by atoms with Crippen LogP contribution in [0.5, 0.6) is 0 Å². The Morgan fingerprint density at radius 1 is 0.393 bits per heavy atom. The van der Waals surface area contributed by atoms with Crippen LogP contribution in [0.1, 0.15) is 249 Å². The van der Waals surface area contributed by atoms with Crippen molar-refractivity contribution in [3.63, 3.8) is 0 Å². The van der Waals surface area contributed by atoms with Gasteiger partial charge in [-0.25, -0.2) is 0 Å². The van der Waals surface area contributed by atoms with Crippen molar-refractivity contribution in [1.29, 1.82) is 0 Å². The molecule has 8 aliphatic rings. The van der Waals surface area contributed by atoms with E-state index >= 15 is 0 Å². The van der Waals surface area contributed by atoms with Gasteiger partial charge in [0.15, 0.2) is 0 Å². The summed E-state index contributed by atoms with van der Waals surface area (Å²) in [6.07, 6.45) is 46.8. The van der Waals surface area contributed by atoms with Crippen LogP contribution in [0.15, 0.2) is 48.5 Å². The average Bonchev–Trinajstić information content (AvgIpc) is 3.33. The number of rotatable bonds is 15. The van der Waals surface area contributed by atoms with Crippen molar-refractivity contribution in [3.8, 4) is 23.7 Å². The van der Waals surface area contributed by atoms with Gasteiger partial charge in [0.05, 0.1) is 0 Å². The van der Waals surface area contributed by atoms with Crippen LogP contribution in [-0.2, 0) is 12.8 Å². The predicted octanol–water partition coefficient (Wildman–Crippen LogP) is 17.8. The zero-order valence-electron chi connectivity index (χ0n) is 40.3. The zero-order valence-corrected chi connectivity index (χ0v) is 40.3. The number of hydrogen-bond donors (Lipinski definition) is 0. The van der Waals surface area contributed by atoms with Crippen LogP contribution in [0.25, 0.3) is 0 Å². The van der Waals surface area contributed by atoms with Gasteiger partial charge in [0.2, 0.25) is 0 Å². The summed E-state index contributed by atoms with van der Waals surface area (Å²) in [6, 6.07) is 18.2. The minimum absolute atomic E-state index is 0.333. The Morgan fingerprint density at radius 2 is 0.738 bits per heavy atom. The Labute approximate surface area is 377 Å². The second-order valence-corrected chi connectivity index (χ2v) is 22.5. The van der Waals surface area contributed by atoms with E-state index in [2.05, 4.69) is 99.9 Å². The highest BCUT2D eigenvalue weighted by Crippen LogP contribution is 2.63. The Morgan fingerprint density at radius 3 is 1.08 bits per heavy atom. The molecule has 0 saturated heterocycles. The van der Waals surface area contributed by atoms with E-state index in [4.69, 9.17) is 0 Å². The SMILES string of the molecule is CCCCC[C@H]1CC[C@H](C23CCC(C#Cc4ccc(CCCC)cc4)(CC2)CC3)CC1.CCCCc1ccc(C#CC23CCC([C@H]4CC[C@H](CCCC)CC4)(CC2)CC3)cc1. The first-order valence-corrected chi connectivity index (χ1v) is 27.1. The lowest BCUT2D eigenvalue weighted by molar-refractivity contribution is -0.0379. The molecular weight excluding hydrogens is 733 g/mol. The van der Waals surface area contributed by atoms with E-state index in [1.54, 1.807) is 0 Å². The third kappa shape index (κ3) is 12.2. The van der Waals surface area contributed by atoms with Crippen LogP contribution in [-0.4, -0.2) is 0 Å². The molecule has 0 nitrogen and oxygen atoms in total. The van der Waals surface area contributed by atoms with Gasteiger partial charge in [-0.2, -0.15) is 0 Å². The van der Waals surface area contributed by atoms with Crippen LogP contribution in [0.4, 0.5) is 0 Å². The Bertz CT molecular complexity index is 1670. The zero-order chi connectivity index (χ0) is 42.4. The monoisotopic (exact) mass is 823 g/mol. The first-order chi connectivity index (χ1) is 29.8. The molecule has 8 saturated carbocycles. The van der Waals surface area contributed by atoms with Gasteiger partial charge >= 0.3 is 0 Å². The smallest absolute Gasteiger partial charge is 0.0319 e. The number of hydrogen-bond acceptors (Lipinski definition) is 0. The molecule has 0 N–H and O–H groups in total. The highest BCUT2D eigenvalue weighted by molar-refractivity contribution is 5.39. The van der Waals surface area contributed by atoms with Gasteiger partial charge in [-0.05, 0) is 198 Å². The van der Waals surface area contributed by atoms with Gasteiger partial charge in [-0.15, -0.1) is 0 Å². The molecule has 0 atom stereocenters. The predicted molar refractivity (Wildman–Crippen MR) is 264 cm³/mol. The lowest BCUT2D eigenvalue weighted by atomic mass is 9.48. The molecule has 2 aromatic rings. The maximum absolute atomic E-state index is 3.81. The van der Waals surface area contributed by atoms with Crippen LogP contribution < -0.4 is 0 Å². The van der Waals surface area contributed by atoms with Crippen LogP contribution >= 0.6 is 0 Å². The van der Waals surface area contributed by atoms with Gasteiger partial charge in [0.1, 0.15) is 0 Å². The van der Waals surface area contributed by atoms with Crippen molar-refractivity contribution in [2.45, 2.75) is 240 Å². The van der Waals surface area contributed by atoms with Crippen molar-refractivity contribution in [1.82, 2.24) is 0 Å². The highest BCUT2D eigenvalue weighted by Gasteiger charge is 2.53. The second kappa shape index (κ2) is 22.5. The molecule has 0 aliphatic heterocycles. The van der Waals surface area contributed by atoms with Crippen molar-refractivity contribution in [3.05, 3.63) is 70.8 Å². The van der Waals surface area contributed by atoms with E-state index in [9.17, 15) is 0 Å². The molecule has 61 heavy (non-hydrogen) atoms. The fourth-order valence-electron chi connectivity index (χ4n) is 14.0. The fraction of sp³-hybridized carbons (Fsp3) is 0.738. The molecule has 0 amide bonds. The maximum atomic E-state index is 3.81. The summed E-state index contributed by atoms with van der Waals surface area (Å²) in [5.74, 6) is 18.9. The summed E-state index contributed by atoms with van der Waals surface area (Å²) < 4.78 is 0. The first-order valence-electron chi connectivity index (χ1n) is 27.1. The summed E-state index contributed by atoms with van der Waals surface area (Å²) in [7, 11) is 0. The standard InChI is InChI=1S/C31H46.C30H44/c1-3-5-7-9-27-14-16-29(17-15-27)31-23-20-30(21-24-31,22-25-31)19-18-28-12-10-26(11-13-28)8-6-4-2;1-3-5-7-25-9-11-27(12-10-25)17-18-29-19-22-30(23-20-29,24-21-29)28-15-13-26(14-16-28)8-6-4-2/h10-13,27,29H,3-9,14-17,20-25H2,1-2H3;9-12,26,28H,3-8,13-16,19-24H2,1-2H3/t27-,29-,30?,31?;26-,28-,29?,30?. The molecular formula is C61H90. The molecule has 0 radical (unpaired) electrons. The first kappa shape index (κ1) is 46.5. The highest BCUT2D eigenvalue weighted by atomic mass is 14.6. The van der Waals surface area contributed by atoms with E-state index in [-0.39, 0.29) is 0 Å². The lowest BCUT2D eigenvalue weighted by Crippen LogP contribution is -2.45. The topological polar surface area (TPSA) is 0 Å². The van der Waals surface area contributed by atoms with Gasteiger partial charge < -0.3 is 0 Å². The molecule has 0 unspecified atom stereocenters. The van der Waals surface area contributed by atoms with Gasteiger partial charge in [0.25, 0.3) is 0 Å². The summed E-state index contributed by atoms with van der Waals surface area (Å²) in [4.78, 5) is 0. The van der Waals surface area contributed by atoms with Crippen molar-refractivity contribution < 1.29 is 0 Å². The van der Waals surface area contributed by atoms with Crippen LogP contribution in [0.2, 0.25) is 0 Å². The molecule has 8 aliphatic carbocycles. The van der Waals surface area contributed by atoms with E-state index in [1.807, 2.05) is 0 Å². The van der Waals surface area contributed by atoms with Gasteiger partial charge in [-0.3, -0.25) is 0 Å². The molecule has 2 aromatic carbocycles. The van der Waals surface area contributed by atoms with E-state index in [1.165, 1.54) is 234 Å². The Kier molecular flexibility index (Phi) is 17.1. The molecule has 4 bridgehead atoms. The summed E-state index contributed by atoms with van der Waals surface area (Å²) in [5, 5.41) is 0. The fourth-order valence-corrected chi connectivity index (χ4v) is 14.0. The summed E-state index contributed by atoms with van der Waals surface area (Å²) in [5.41, 5.74) is 7.42. The number of fused-ring (bicyclic) bond motifs is 6. The van der Waals surface area contributed by atoms with Crippen molar-refractivity contribution in [2.75, 3.05) is 0 Å². The van der Waals surface area contributed by atoms with Crippen molar-refractivity contribution >= 4 is 0 Å². The number of benzene rings is 2. The molecule has 0 aromatic heterocycles. The van der Waals surface area contributed by atoms with Crippen LogP contribution in [0.3, 0.4) is 0 Å². The van der Waals surface area contributed by atoms with Gasteiger partial charge in [0, 0.05) is 22.0 Å². The molecule has 334 valence electrons. The Hall–Kier alpha value is -2.44. The van der Waals surface area contributed by atoms with Crippen molar-refractivity contribution in [2.24, 2.45) is 45.3 Å². The van der Waals surface area contributed by atoms with E-state index < -0.39 is 0 Å². The van der Waals surface area contributed by atoms with E-state index in [0.29, 0.717) is 21.7 Å². The molecule has 0 heterocycles. The van der Waals surface area contributed by atoms with E-state index in [0.717, 1.165) is 23.7 Å². The minimum atomic E-state index is 0.333. The number of aryl methyl sites for hydroxylation is 2. The summed E-state index contributed by atoms with van der Waals surface area (Å²) >= 11 is 0. The minimum Gasteiger partial charge on any atom is -0.0911 e. The van der Waals surface area contributed by atoms with Crippen LogP contribution in [0, 0.1) is 69.0 Å². The Balaban J connectivity index is 0.000000184. The lowest BCUT2D eigenvalue weighted by Gasteiger charge is -2.56. The summed E-state index contributed by atoms with van der Waals surface area (Å²) in [6.45, 7) is 9.20. The normalized spacial score (nSPS) is 32.8. The quantitative estimate of drug-likeness (QED) is 0.124. The van der Waals surface area contributed by atoms with Gasteiger partial charge in [-0.1, -0.05) is 159 Å². The average molecular weight is 823 g/mol. The largest absolute Gasteiger partial charge is 0.0911 e. The molecule has 10 rings (SSSR count).